The molecule has 0 radical (unpaired) electrons. The van der Waals surface area contributed by atoms with Crippen LogP contribution in [0.4, 0.5) is 0 Å². The number of H-pyrrole nitrogens is 1. The lowest BCUT2D eigenvalue weighted by molar-refractivity contribution is 0.834. The summed E-state index contributed by atoms with van der Waals surface area (Å²) in [5.41, 5.74) is 0. The van der Waals surface area contributed by atoms with Crippen LogP contribution in [0.2, 0.25) is 0 Å². The second-order valence-electron chi connectivity index (χ2n) is 5.55. The van der Waals surface area contributed by atoms with Gasteiger partial charge >= 0.3 is 0 Å². The van der Waals surface area contributed by atoms with Crippen molar-refractivity contribution in [1.82, 2.24) is 15.4 Å². The highest BCUT2D eigenvalue weighted by Crippen LogP contribution is 2.60. The third kappa shape index (κ3) is 9.47. The van der Waals surface area contributed by atoms with Gasteiger partial charge in [0.15, 0.2) is 0 Å². The van der Waals surface area contributed by atoms with E-state index in [0.717, 1.165) is 0 Å². The fourth-order valence-electron chi connectivity index (χ4n) is 2.46. The molecule has 1 N–H and O–H groups in total. The van der Waals surface area contributed by atoms with Crippen molar-refractivity contribution in [3.8, 4) is 0 Å². The molecule has 1 rings (SSSR count). The van der Waals surface area contributed by atoms with E-state index < -0.39 is 7.26 Å². The molecule has 1 heterocycles. The van der Waals surface area contributed by atoms with Crippen molar-refractivity contribution in [2.75, 3.05) is 24.6 Å². The van der Waals surface area contributed by atoms with Crippen molar-refractivity contribution in [3.05, 3.63) is 12.4 Å². The van der Waals surface area contributed by atoms with E-state index >= 15 is 0 Å². The molecule has 0 bridgehead atoms. The molecule has 0 fully saturated rings. The third-order valence-electron chi connectivity index (χ3n) is 3.96. The highest BCUT2D eigenvalue weighted by molar-refractivity contribution is 7.75. The van der Waals surface area contributed by atoms with Crippen LogP contribution in [0.25, 0.3) is 0 Å². The Bertz CT molecular complexity index is 236. The summed E-state index contributed by atoms with van der Waals surface area (Å²) in [6.45, 7) is 9.46. The largest absolute Gasteiger partial charge is 0.198 e. The fraction of sp³-hybridized carbons (Fsp3) is 0.875. The molecule has 0 aromatic carbocycles. The third-order valence-corrected chi connectivity index (χ3v) is 9.10. The number of aromatic nitrogens is 3. The zero-order valence-corrected chi connectivity index (χ0v) is 15.0. The lowest BCUT2D eigenvalue weighted by atomic mass is 10.4. The molecule has 0 aliphatic carbocycles. The van der Waals surface area contributed by atoms with Crippen molar-refractivity contribution >= 4 is 7.26 Å². The maximum atomic E-state index is 3.49. The van der Waals surface area contributed by atoms with Gasteiger partial charge in [0, 0.05) is 7.26 Å². The molecule has 0 saturated carbocycles. The summed E-state index contributed by atoms with van der Waals surface area (Å²) in [6, 6.07) is 0. The molecule has 20 heavy (non-hydrogen) atoms. The molecule has 0 spiro atoms. The number of nitrogens with zero attached hydrogens (tertiary/aromatic N) is 2. The van der Waals surface area contributed by atoms with Crippen molar-refractivity contribution in [2.45, 2.75) is 66.2 Å². The summed E-state index contributed by atoms with van der Waals surface area (Å²) in [7, 11) is -0.527. The Morgan fingerprint density at radius 2 is 1.15 bits per heavy atom. The van der Waals surface area contributed by atoms with Gasteiger partial charge in [0.2, 0.25) is 0 Å². The Hall–Kier alpha value is -0.430. The molecule has 0 atom stereocenters. The molecule has 0 aliphatic rings. The molecule has 3 nitrogen and oxygen atoms in total. The minimum atomic E-state index is -0.527. The van der Waals surface area contributed by atoms with Crippen molar-refractivity contribution in [1.29, 1.82) is 0 Å². The van der Waals surface area contributed by atoms with E-state index in [-0.39, 0.29) is 0 Å². The molecule has 1 aromatic heterocycles. The van der Waals surface area contributed by atoms with Crippen molar-refractivity contribution in [2.24, 2.45) is 0 Å². The Morgan fingerprint density at radius 1 is 0.750 bits per heavy atom. The molecule has 0 amide bonds. The lowest BCUT2D eigenvalue weighted by Crippen LogP contribution is -2.11. The summed E-state index contributed by atoms with van der Waals surface area (Å²) >= 11 is 0. The Morgan fingerprint density at radius 3 is 1.35 bits per heavy atom. The highest BCUT2D eigenvalue weighted by atomic mass is 31.2. The monoisotopic (exact) mass is 300 g/mol. The molecular weight excluding hydrogens is 265 g/mol. The van der Waals surface area contributed by atoms with E-state index in [1.807, 2.05) is 0 Å². The van der Waals surface area contributed by atoms with Crippen molar-refractivity contribution < 1.29 is 0 Å². The first-order chi connectivity index (χ1) is 9.74. The molecule has 118 valence electrons. The molecule has 0 saturated heterocycles. The maximum Gasteiger partial charge on any atom is 0.0690 e. The van der Waals surface area contributed by atoms with Crippen LogP contribution in [-0.2, 0) is 0 Å². The minimum Gasteiger partial charge on any atom is -0.198 e. The van der Waals surface area contributed by atoms with Crippen LogP contribution in [0.3, 0.4) is 0 Å². The Kier molecular flexibility index (Phi) is 13.3. The number of nitrogens with one attached hydrogen (secondary N) is 1. The van der Waals surface area contributed by atoms with E-state index in [1.54, 1.807) is 30.9 Å². The van der Waals surface area contributed by atoms with Crippen LogP contribution in [-0.4, -0.2) is 40.1 Å². The number of aromatic amines is 1. The first-order valence-corrected chi connectivity index (χ1v) is 10.9. The molecule has 4 heteroatoms. The zero-order valence-electron chi connectivity index (χ0n) is 14.1. The van der Waals surface area contributed by atoms with Gasteiger partial charge in [-0.3, -0.25) is 0 Å². The van der Waals surface area contributed by atoms with E-state index in [2.05, 4.69) is 43.1 Å². The van der Waals surface area contributed by atoms with Gasteiger partial charge in [-0.05, 0) is 26.2 Å². The molecule has 0 unspecified atom stereocenters. The smallest absolute Gasteiger partial charge is 0.0690 e. The summed E-state index contributed by atoms with van der Waals surface area (Å²) < 4.78 is 0. The summed E-state index contributed by atoms with van der Waals surface area (Å²) in [4.78, 5) is 0. The average molecular weight is 300 g/mol. The van der Waals surface area contributed by atoms with E-state index in [1.165, 1.54) is 44.7 Å². The van der Waals surface area contributed by atoms with Crippen LogP contribution in [0.15, 0.2) is 12.4 Å². The van der Waals surface area contributed by atoms with Crippen LogP contribution in [0.5, 0.6) is 0 Å². The quantitative estimate of drug-likeness (QED) is 0.601. The number of unbranched alkanes of at least 4 members (excludes halogenated alkanes) is 3. The van der Waals surface area contributed by atoms with Gasteiger partial charge in [-0.1, -0.05) is 40.0 Å². The topological polar surface area (TPSA) is 41.6 Å². The van der Waals surface area contributed by atoms with Crippen LogP contribution in [0, 0.1) is 0 Å². The van der Waals surface area contributed by atoms with Crippen LogP contribution >= 0.6 is 7.26 Å². The van der Waals surface area contributed by atoms with E-state index in [9.17, 15) is 0 Å². The minimum absolute atomic E-state index is 0.527. The second-order valence-corrected chi connectivity index (χ2v) is 10.2. The number of rotatable bonds is 10. The predicted octanol–water partition coefficient (Wildman–Crippen LogP) is 5.23. The Balaban J connectivity index is 0.000000595. The zero-order chi connectivity index (χ0) is 15.1. The van der Waals surface area contributed by atoms with Crippen LogP contribution in [0.1, 0.15) is 66.2 Å². The standard InChI is InChI=1S/C14H32P.C2H3N3/c1-5-9-12-15(8-4,13-10-6-2)14-11-7-3;1-2-4-5-3-1/h5-14H2,1-4H3;1-2H,(H,3,4,5)/q+1;. The summed E-state index contributed by atoms with van der Waals surface area (Å²) in [6.07, 6.45) is 18.0. The molecule has 1 aromatic rings. The van der Waals surface area contributed by atoms with Gasteiger partial charge in [0.1, 0.15) is 0 Å². The fourth-order valence-corrected chi connectivity index (χ4v) is 7.04. The van der Waals surface area contributed by atoms with Gasteiger partial charge < -0.3 is 0 Å². The lowest BCUT2D eigenvalue weighted by Gasteiger charge is -2.26. The number of hydrogen-bond donors (Lipinski definition) is 1. The van der Waals surface area contributed by atoms with Gasteiger partial charge in [-0.2, -0.15) is 15.4 Å². The SMILES string of the molecule is CCCC[P+](CC)(CCCC)CCCC.c1cn[nH]n1. The summed E-state index contributed by atoms with van der Waals surface area (Å²) in [5, 5.41) is 9.33. The van der Waals surface area contributed by atoms with Gasteiger partial charge in [-0.25, -0.2) is 0 Å². The molecular formula is C16H35N3P+. The van der Waals surface area contributed by atoms with Crippen molar-refractivity contribution in [3.63, 3.8) is 0 Å². The van der Waals surface area contributed by atoms with Gasteiger partial charge in [0.25, 0.3) is 0 Å². The number of hydrogen-bond acceptors (Lipinski definition) is 2. The highest BCUT2D eigenvalue weighted by Gasteiger charge is 2.32. The first kappa shape index (κ1) is 19.6. The Labute approximate surface area is 126 Å². The molecule has 0 aliphatic heterocycles. The maximum absolute atomic E-state index is 3.49. The van der Waals surface area contributed by atoms with Gasteiger partial charge in [-0.15, -0.1) is 0 Å². The second kappa shape index (κ2) is 13.5. The normalized spacial score (nSPS) is 11.0. The average Bonchev–Trinajstić information content (AvgIpc) is 3.07. The van der Waals surface area contributed by atoms with E-state index in [4.69, 9.17) is 0 Å². The predicted molar refractivity (Wildman–Crippen MR) is 93.2 cm³/mol. The van der Waals surface area contributed by atoms with Gasteiger partial charge in [0.05, 0.1) is 37.0 Å². The first-order valence-electron chi connectivity index (χ1n) is 8.39. The summed E-state index contributed by atoms with van der Waals surface area (Å²) in [5.74, 6) is 0. The van der Waals surface area contributed by atoms with E-state index in [0.29, 0.717) is 0 Å². The van der Waals surface area contributed by atoms with Crippen LogP contribution < -0.4 is 0 Å².